The van der Waals surface area contributed by atoms with Gasteiger partial charge in [-0.3, -0.25) is 14.9 Å². The lowest BCUT2D eigenvalue weighted by Crippen LogP contribution is -2.26. The fourth-order valence-corrected chi connectivity index (χ4v) is 3.14. The molecule has 10 heteroatoms. The zero-order valence-corrected chi connectivity index (χ0v) is 15.7. The molecule has 3 rings (SSSR count). The lowest BCUT2D eigenvalue weighted by atomic mass is 10.1. The number of nitro groups is 1. The van der Waals surface area contributed by atoms with E-state index in [9.17, 15) is 19.7 Å². The summed E-state index contributed by atoms with van der Waals surface area (Å²) in [5, 5.41) is 11.3. The highest BCUT2D eigenvalue weighted by molar-refractivity contribution is 5.97. The van der Waals surface area contributed by atoms with Crippen molar-refractivity contribution in [1.29, 1.82) is 0 Å². The molecule has 3 aromatic heterocycles. The maximum atomic E-state index is 13.0. The van der Waals surface area contributed by atoms with Crippen molar-refractivity contribution >= 4 is 22.7 Å². The lowest BCUT2D eigenvalue weighted by molar-refractivity contribution is -0.383. The SMILES string of the molecule is CCn1c(C)c(C(=O)OCCn2ccnc2)c(=O)c2c([N+](=O)[O-])cc(C)nc21. The van der Waals surface area contributed by atoms with Crippen LogP contribution in [0.2, 0.25) is 0 Å². The van der Waals surface area contributed by atoms with Gasteiger partial charge in [-0.2, -0.15) is 0 Å². The fraction of sp³-hybridized carbons (Fsp3) is 0.333. The molecule has 146 valence electrons. The van der Waals surface area contributed by atoms with Gasteiger partial charge in [0.15, 0.2) is 5.65 Å². The van der Waals surface area contributed by atoms with Crippen molar-refractivity contribution in [3.8, 4) is 0 Å². The number of ether oxygens (including phenoxy) is 1. The number of imidazole rings is 1. The Morgan fingerprint density at radius 3 is 2.71 bits per heavy atom. The molecule has 0 aromatic carbocycles. The van der Waals surface area contributed by atoms with Crippen LogP contribution >= 0.6 is 0 Å². The molecule has 0 bridgehead atoms. The molecule has 0 spiro atoms. The molecule has 0 aliphatic carbocycles. The van der Waals surface area contributed by atoms with Crippen molar-refractivity contribution in [2.45, 2.75) is 33.9 Å². The number of aryl methyl sites for hydroxylation is 2. The van der Waals surface area contributed by atoms with Gasteiger partial charge in [-0.15, -0.1) is 0 Å². The number of aromatic nitrogens is 4. The van der Waals surface area contributed by atoms with E-state index in [1.165, 1.54) is 6.07 Å². The van der Waals surface area contributed by atoms with Crippen molar-refractivity contribution in [2.75, 3.05) is 6.61 Å². The molecule has 0 unspecified atom stereocenters. The van der Waals surface area contributed by atoms with E-state index >= 15 is 0 Å². The highest BCUT2D eigenvalue weighted by Crippen LogP contribution is 2.25. The molecule has 3 heterocycles. The first kappa shape index (κ1) is 19.2. The molecule has 0 saturated heterocycles. The van der Waals surface area contributed by atoms with E-state index in [2.05, 4.69) is 9.97 Å². The summed E-state index contributed by atoms with van der Waals surface area (Å²) >= 11 is 0. The number of pyridine rings is 2. The Bertz CT molecular complexity index is 1120. The van der Waals surface area contributed by atoms with Crippen LogP contribution in [0.5, 0.6) is 0 Å². The molecule has 28 heavy (non-hydrogen) atoms. The average molecular weight is 385 g/mol. The van der Waals surface area contributed by atoms with Crippen LogP contribution in [0.1, 0.15) is 28.7 Å². The molecule has 0 atom stereocenters. The van der Waals surface area contributed by atoms with E-state index in [4.69, 9.17) is 4.74 Å². The molecule has 0 radical (unpaired) electrons. The van der Waals surface area contributed by atoms with Crippen LogP contribution in [-0.4, -0.2) is 36.6 Å². The van der Waals surface area contributed by atoms with Crippen LogP contribution in [0.15, 0.2) is 29.6 Å². The number of hydrogen-bond donors (Lipinski definition) is 0. The van der Waals surface area contributed by atoms with Gasteiger partial charge in [-0.1, -0.05) is 0 Å². The van der Waals surface area contributed by atoms with Crippen molar-refractivity contribution in [2.24, 2.45) is 0 Å². The van der Waals surface area contributed by atoms with Gasteiger partial charge in [-0.05, 0) is 20.8 Å². The summed E-state index contributed by atoms with van der Waals surface area (Å²) in [6, 6.07) is 1.23. The lowest BCUT2D eigenvalue weighted by Gasteiger charge is -2.16. The Balaban J connectivity index is 2.10. The number of hydrogen-bond acceptors (Lipinski definition) is 7. The van der Waals surface area contributed by atoms with Gasteiger partial charge in [0.1, 0.15) is 17.6 Å². The molecule has 0 aliphatic rings. The Hall–Kier alpha value is -3.56. The Kier molecular flexibility index (Phi) is 5.21. The Morgan fingerprint density at radius 1 is 1.36 bits per heavy atom. The van der Waals surface area contributed by atoms with Crippen LogP contribution < -0.4 is 5.43 Å². The summed E-state index contributed by atoms with van der Waals surface area (Å²) in [5.74, 6) is -0.818. The smallest absolute Gasteiger partial charge is 0.344 e. The number of esters is 1. The highest BCUT2D eigenvalue weighted by atomic mass is 16.6. The third kappa shape index (κ3) is 3.36. The predicted octanol–water partition coefficient (Wildman–Crippen LogP) is 1.99. The summed E-state index contributed by atoms with van der Waals surface area (Å²) in [5.41, 5.74) is -0.373. The van der Waals surface area contributed by atoms with E-state index in [0.29, 0.717) is 24.5 Å². The van der Waals surface area contributed by atoms with Crippen LogP contribution in [0.3, 0.4) is 0 Å². The third-order valence-electron chi connectivity index (χ3n) is 4.44. The van der Waals surface area contributed by atoms with Crippen molar-refractivity contribution in [3.05, 3.63) is 62.1 Å². The average Bonchev–Trinajstić information content (AvgIpc) is 3.14. The zero-order chi connectivity index (χ0) is 20.4. The first-order chi connectivity index (χ1) is 13.3. The molecule has 0 saturated carbocycles. The minimum absolute atomic E-state index is 0.0342. The number of fused-ring (bicyclic) bond motifs is 1. The van der Waals surface area contributed by atoms with Crippen molar-refractivity contribution in [1.82, 2.24) is 19.1 Å². The van der Waals surface area contributed by atoms with Gasteiger partial charge < -0.3 is 13.9 Å². The second kappa shape index (κ2) is 7.59. The van der Waals surface area contributed by atoms with E-state index in [1.807, 2.05) is 0 Å². The largest absolute Gasteiger partial charge is 0.460 e. The minimum atomic E-state index is -0.818. The predicted molar refractivity (Wildman–Crippen MR) is 100 cm³/mol. The Labute approximate surface area is 159 Å². The van der Waals surface area contributed by atoms with E-state index in [1.54, 1.807) is 48.6 Å². The van der Waals surface area contributed by atoms with Gasteiger partial charge in [0.05, 0.1) is 17.8 Å². The molecular weight excluding hydrogens is 366 g/mol. The standard InChI is InChI=1S/C18H19N5O5/c1-4-22-12(3)14(18(25)28-8-7-21-6-5-19-10-21)16(24)15-13(23(26)27)9-11(2)20-17(15)22/h5-6,9-10H,4,7-8H2,1-3H3. The van der Waals surface area contributed by atoms with Crippen LogP contribution in [0.4, 0.5) is 5.69 Å². The number of nitrogens with zero attached hydrogens (tertiary/aromatic N) is 5. The van der Waals surface area contributed by atoms with Gasteiger partial charge in [0.2, 0.25) is 5.43 Å². The quantitative estimate of drug-likeness (QED) is 0.361. The van der Waals surface area contributed by atoms with Gasteiger partial charge in [0.25, 0.3) is 5.69 Å². The van der Waals surface area contributed by atoms with Crippen molar-refractivity contribution in [3.63, 3.8) is 0 Å². The maximum Gasteiger partial charge on any atom is 0.344 e. The highest BCUT2D eigenvalue weighted by Gasteiger charge is 2.27. The second-order valence-electron chi connectivity index (χ2n) is 6.21. The topological polar surface area (TPSA) is 122 Å². The van der Waals surface area contributed by atoms with Crippen LogP contribution in [0.25, 0.3) is 11.0 Å². The maximum absolute atomic E-state index is 13.0. The summed E-state index contributed by atoms with van der Waals surface area (Å²) in [6.45, 7) is 5.82. The summed E-state index contributed by atoms with van der Waals surface area (Å²) < 4.78 is 8.58. The van der Waals surface area contributed by atoms with Gasteiger partial charge >= 0.3 is 5.97 Å². The zero-order valence-electron chi connectivity index (χ0n) is 15.7. The van der Waals surface area contributed by atoms with Crippen molar-refractivity contribution < 1.29 is 14.5 Å². The van der Waals surface area contributed by atoms with Gasteiger partial charge in [0, 0.05) is 36.4 Å². The summed E-state index contributed by atoms with van der Waals surface area (Å²) in [6.07, 6.45) is 4.90. The van der Waals surface area contributed by atoms with E-state index < -0.39 is 16.3 Å². The molecule has 0 N–H and O–H groups in total. The normalized spacial score (nSPS) is 11.0. The molecule has 0 aliphatic heterocycles. The first-order valence-electron chi connectivity index (χ1n) is 8.67. The number of carbonyl (C=O) groups is 1. The monoisotopic (exact) mass is 385 g/mol. The molecule has 3 aromatic rings. The number of rotatable bonds is 6. The van der Waals surface area contributed by atoms with Gasteiger partial charge in [-0.25, -0.2) is 14.8 Å². The molecular formula is C18H19N5O5. The molecule has 0 amide bonds. The molecule has 0 fully saturated rings. The first-order valence-corrected chi connectivity index (χ1v) is 8.67. The summed E-state index contributed by atoms with van der Waals surface area (Å²) in [7, 11) is 0. The third-order valence-corrected chi connectivity index (χ3v) is 4.44. The summed E-state index contributed by atoms with van der Waals surface area (Å²) in [4.78, 5) is 44.7. The Morgan fingerprint density at radius 2 is 2.11 bits per heavy atom. The number of carbonyl (C=O) groups excluding carboxylic acids is 1. The second-order valence-corrected chi connectivity index (χ2v) is 6.21. The minimum Gasteiger partial charge on any atom is -0.460 e. The van der Waals surface area contributed by atoms with Crippen LogP contribution in [-0.2, 0) is 17.8 Å². The molecule has 10 nitrogen and oxygen atoms in total. The van der Waals surface area contributed by atoms with Crippen LogP contribution in [0, 0.1) is 24.0 Å². The van der Waals surface area contributed by atoms with E-state index in [-0.39, 0.29) is 28.9 Å². The van der Waals surface area contributed by atoms with E-state index in [0.717, 1.165) is 0 Å². The fourth-order valence-electron chi connectivity index (χ4n) is 3.14.